The smallest absolute Gasteiger partial charge is 0.138 e. The third-order valence-corrected chi connectivity index (χ3v) is 4.79. The van der Waals surface area contributed by atoms with Gasteiger partial charge < -0.3 is 14.8 Å². The van der Waals surface area contributed by atoms with E-state index in [2.05, 4.69) is 22.2 Å². The fraction of sp³-hybridized carbons (Fsp3) is 0.300. The molecule has 1 atom stereocenters. The highest BCUT2D eigenvalue weighted by Gasteiger charge is 2.30. The van der Waals surface area contributed by atoms with E-state index in [0.717, 1.165) is 47.5 Å². The van der Waals surface area contributed by atoms with Crippen molar-refractivity contribution < 1.29 is 9.47 Å². The number of ether oxygens (including phenoxy) is 2. The fourth-order valence-electron chi connectivity index (χ4n) is 3.12. The molecule has 0 bridgehead atoms. The van der Waals surface area contributed by atoms with E-state index in [9.17, 15) is 0 Å². The van der Waals surface area contributed by atoms with Gasteiger partial charge >= 0.3 is 0 Å². The highest BCUT2D eigenvalue weighted by atomic mass is 35.5. The first-order valence-electron chi connectivity index (χ1n) is 8.65. The molecule has 1 aliphatic heterocycles. The highest BCUT2D eigenvalue weighted by molar-refractivity contribution is 6.29. The van der Waals surface area contributed by atoms with Crippen LogP contribution < -0.4 is 10.1 Å². The molecular formula is C20H20ClN3O2. The summed E-state index contributed by atoms with van der Waals surface area (Å²) in [5.74, 6) is 1.60. The summed E-state index contributed by atoms with van der Waals surface area (Å²) in [4.78, 5) is 8.52. The van der Waals surface area contributed by atoms with Crippen molar-refractivity contribution in [1.82, 2.24) is 9.97 Å². The molecule has 1 fully saturated rings. The van der Waals surface area contributed by atoms with Crippen molar-refractivity contribution in [1.29, 1.82) is 0 Å². The summed E-state index contributed by atoms with van der Waals surface area (Å²) < 4.78 is 11.8. The van der Waals surface area contributed by atoms with E-state index < -0.39 is 0 Å². The van der Waals surface area contributed by atoms with Crippen molar-refractivity contribution in [3.8, 4) is 5.75 Å². The third-order valence-electron chi connectivity index (χ3n) is 4.57. The Balaban J connectivity index is 1.54. The number of halogens is 1. The quantitative estimate of drug-likeness (QED) is 0.643. The standard InChI is InChI=1S/C20H20ClN3O2/c1-20(8-2-10-26-20)13-25-16-4-5-17-14(11-16)7-9-22-19(17)24-15-3-6-18(21)23-12-15/h3-7,9,11-12H,2,8,10,13H2,1H3,(H,22,24)/t20-/m1/s1. The van der Waals surface area contributed by atoms with Crippen LogP contribution >= 0.6 is 11.6 Å². The molecule has 0 amide bonds. The van der Waals surface area contributed by atoms with Crippen molar-refractivity contribution >= 4 is 33.9 Å². The number of rotatable bonds is 5. The molecule has 0 radical (unpaired) electrons. The van der Waals surface area contributed by atoms with E-state index >= 15 is 0 Å². The molecule has 0 spiro atoms. The lowest BCUT2D eigenvalue weighted by molar-refractivity contribution is -0.0158. The molecule has 1 aromatic carbocycles. The van der Waals surface area contributed by atoms with E-state index in [0.29, 0.717) is 11.8 Å². The van der Waals surface area contributed by atoms with Gasteiger partial charge in [-0.1, -0.05) is 11.6 Å². The molecule has 4 rings (SSSR count). The van der Waals surface area contributed by atoms with Crippen LogP contribution in [0.25, 0.3) is 10.8 Å². The number of hydrogen-bond donors (Lipinski definition) is 1. The average molecular weight is 370 g/mol. The molecule has 1 N–H and O–H groups in total. The van der Waals surface area contributed by atoms with Gasteiger partial charge in [0.05, 0.1) is 17.5 Å². The Morgan fingerprint density at radius 3 is 2.92 bits per heavy atom. The average Bonchev–Trinajstić information content (AvgIpc) is 3.09. The molecule has 134 valence electrons. The molecule has 1 saturated heterocycles. The summed E-state index contributed by atoms with van der Waals surface area (Å²) in [6.45, 7) is 3.48. The van der Waals surface area contributed by atoms with Gasteiger partial charge in [-0.25, -0.2) is 9.97 Å². The fourth-order valence-corrected chi connectivity index (χ4v) is 3.23. The summed E-state index contributed by atoms with van der Waals surface area (Å²) in [5, 5.41) is 5.81. The van der Waals surface area contributed by atoms with Gasteiger partial charge in [0.1, 0.15) is 23.3 Å². The van der Waals surface area contributed by atoms with E-state index in [4.69, 9.17) is 21.1 Å². The topological polar surface area (TPSA) is 56.3 Å². The predicted octanol–water partition coefficient (Wildman–Crippen LogP) is 4.97. The normalized spacial score (nSPS) is 19.6. The Bertz CT molecular complexity index is 909. The van der Waals surface area contributed by atoms with Crippen molar-refractivity contribution in [3.05, 3.63) is 53.9 Å². The van der Waals surface area contributed by atoms with E-state index in [1.807, 2.05) is 30.3 Å². The molecule has 26 heavy (non-hydrogen) atoms. The SMILES string of the molecule is C[C@]1(COc2ccc3c(Nc4ccc(Cl)nc4)nccc3c2)CCCO1. The zero-order chi connectivity index (χ0) is 18.0. The first-order valence-corrected chi connectivity index (χ1v) is 9.03. The van der Waals surface area contributed by atoms with Crippen LogP contribution in [0.1, 0.15) is 19.8 Å². The number of nitrogens with one attached hydrogen (secondary N) is 1. The molecule has 2 aromatic heterocycles. The maximum atomic E-state index is 5.98. The Labute approximate surface area is 157 Å². The molecule has 5 nitrogen and oxygen atoms in total. The lowest BCUT2D eigenvalue weighted by Crippen LogP contribution is -2.31. The summed E-state index contributed by atoms with van der Waals surface area (Å²) >= 11 is 5.84. The van der Waals surface area contributed by atoms with Crippen LogP contribution in [0.5, 0.6) is 5.75 Å². The van der Waals surface area contributed by atoms with Gasteiger partial charge in [-0.2, -0.15) is 0 Å². The van der Waals surface area contributed by atoms with Gasteiger partial charge in [0.2, 0.25) is 0 Å². The van der Waals surface area contributed by atoms with E-state index in [1.165, 1.54) is 0 Å². The largest absolute Gasteiger partial charge is 0.491 e. The van der Waals surface area contributed by atoms with Gasteiger partial charge in [0.25, 0.3) is 0 Å². The Morgan fingerprint density at radius 1 is 1.23 bits per heavy atom. The number of hydrogen-bond acceptors (Lipinski definition) is 5. The van der Waals surface area contributed by atoms with Gasteiger partial charge in [-0.3, -0.25) is 0 Å². The van der Waals surface area contributed by atoms with Crippen LogP contribution in [0.15, 0.2) is 48.8 Å². The van der Waals surface area contributed by atoms with Crippen molar-refractivity contribution in [2.75, 3.05) is 18.5 Å². The van der Waals surface area contributed by atoms with Gasteiger partial charge in [-0.15, -0.1) is 0 Å². The van der Waals surface area contributed by atoms with E-state index in [-0.39, 0.29) is 5.60 Å². The molecule has 1 aliphatic rings. The first kappa shape index (κ1) is 17.1. The molecule has 0 unspecified atom stereocenters. The maximum absolute atomic E-state index is 5.98. The van der Waals surface area contributed by atoms with Gasteiger partial charge in [0.15, 0.2) is 0 Å². The molecule has 0 saturated carbocycles. The van der Waals surface area contributed by atoms with Crippen LogP contribution in [-0.4, -0.2) is 28.8 Å². The Hall–Kier alpha value is -2.37. The maximum Gasteiger partial charge on any atom is 0.138 e. The summed E-state index contributed by atoms with van der Waals surface area (Å²) in [7, 11) is 0. The van der Waals surface area contributed by atoms with Crippen LogP contribution in [0, 0.1) is 0 Å². The van der Waals surface area contributed by atoms with Crippen molar-refractivity contribution in [3.63, 3.8) is 0 Å². The van der Waals surface area contributed by atoms with Crippen LogP contribution in [0.3, 0.4) is 0 Å². The van der Waals surface area contributed by atoms with E-state index in [1.54, 1.807) is 18.5 Å². The lowest BCUT2D eigenvalue weighted by atomic mass is 10.0. The monoisotopic (exact) mass is 369 g/mol. The second-order valence-corrected chi connectivity index (χ2v) is 7.11. The van der Waals surface area contributed by atoms with Gasteiger partial charge in [0, 0.05) is 18.2 Å². The highest BCUT2D eigenvalue weighted by Crippen LogP contribution is 2.30. The number of fused-ring (bicyclic) bond motifs is 1. The molecule has 3 heterocycles. The zero-order valence-corrected chi connectivity index (χ0v) is 15.3. The van der Waals surface area contributed by atoms with Crippen LogP contribution in [-0.2, 0) is 4.74 Å². The number of anilines is 2. The van der Waals surface area contributed by atoms with Crippen molar-refractivity contribution in [2.45, 2.75) is 25.4 Å². The molecule has 0 aliphatic carbocycles. The number of benzene rings is 1. The van der Waals surface area contributed by atoms with Crippen LogP contribution in [0.4, 0.5) is 11.5 Å². The summed E-state index contributed by atoms with van der Waals surface area (Å²) in [6, 6.07) is 11.6. The number of pyridine rings is 2. The second kappa shape index (κ2) is 7.09. The summed E-state index contributed by atoms with van der Waals surface area (Å²) in [5.41, 5.74) is 0.655. The first-order chi connectivity index (χ1) is 12.6. The molecule has 3 aromatic rings. The predicted molar refractivity (Wildman–Crippen MR) is 103 cm³/mol. The Morgan fingerprint density at radius 2 is 2.15 bits per heavy atom. The molecular weight excluding hydrogens is 350 g/mol. The van der Waals surface area contributed by atoms with Gasteiger partial charge in [-0.05, 0) is 61.5 Å². The summed E-state index contributed by atoms with van der Waals surface area (Å²) in [6.07, 6.45) is 5.59. The van der Waals surface area contributed by atoms with Crippen molar-refractivity contribution in [2.24, 2.45) is 0 Å². The third kappa shape index (κ3) is 3.74. The minimum atomic E-state index is -0.179. The number of nitrogens with zero attached hydrogens (tertiary/aromatic N) is 2. The zero-order valence-electron chi connectivity index (χ0n) is 14.5. The lowest BCUT2D eigenvalue weighted by Gasteiger charge is -2.23. The second-order valence-electron chi connectivity index (χ2n) is 6.73. The minimum absolute atomic E-state index is 0.179. The Kier molecular flexibility index (Phi) is 4.66. The number of aromatic nitrogens is 2. The minimum Gasteiger partial charge on any atom is -0.491 e. The van der Waals surface area contributed by atoms with Crippen LogP contribution in [0.2, 0.25) is 5.15 Å². The molecule has 6 heteroatoms.